The van der Waals surface area contributed by atoms with Crippen LogP contribution in [0.25, 0.3) is 0 Å². The molecule has 1 aliphatic heterocycles. The van der Waals surface area contributed by atoms with E-state index in [1.54, 1.807) is 14.0 Å². The molecule has 1 aromatic heterocycles. The van der Waals surface area contributed by atoms with E-state index in [4.69, 9.17) is 9.57 Å². The summed E-state index contributed by atoms with van der Waals surface area (Å²) in [7, 11) is 2.92. The molecule has 8 nitrogen and oxygen atoms in total. The van der Waals surface area contributed by atoms with Gasteiger partial charge in [-0.3, -0.25) is 19.2 Å². The Balaban J connectivity index is 2.14. The number of benzene rings is 1. The first-order chi connectivity index (χ1) is 11.9. The number of ether oxygens (including phenoxy) is 1. The lowest BCUT2D eigenvalue weighted by Crippen LogP contribution is -2.50. The predicted octanol–water partition coefficient (Wildman–Crippen LogP) is 0.679. The summed E-state index contributed by atoms with van der Waals surface area (Å²) < 4.78 is 6.00. The number of esters is 1. The van der Waals surface area contributed by atoms with Gasteiger partial charge >= 0.3 is 11.7 Å². The normalized spacial score (nSPS) is 23.6. The first kappa shape index (κ1) is 17.1. The zero-order valence-corrected chi connectivity index (χ0v) is 14.2. The van der Waals surface area contributed by atoms with Crippen molar-refractivity contribution in [3.05, 3.63) is 68.5 Å². The number of aryl methyl sites for hydroxylation is 1. The summed E-state index contributed by atoms with van der Waals surface area (Å²) in [6.45, 7) is 1.55. The first-order valence-corrected chi connectivity index (χ1v) is 7.77. The highest BCUT2D eigenvalue weighted by Gasteiger charge is 2.54. The van der Waals surface area contributed by atoms with Gasteiger partial charge in [0.1, 0.15) is 0 Å². The van der Waals surface area contributed by atoms with Gasteiger partial charge in [0.2, 0.25) is 0 Å². The number of carbonyl (C=O) groups excluding carboxylic acids is 1. The van der Waals surface area contributed by atoms with Crippen molar-refractivity contribution < 1.29 is 14.4 Å². The number of aromatic amines is 1. The average Bonchev–Trinajstić information content (AvgIpc) is 2.96. The van der Waals surface area contributed by atoms with Crippen molar-refractivity contribution in [1.29, 1.82) is 0 Å². The number of hydrogen-bond donors (Lipinski definition) is 1. The number of H-pyrrole nitrogens is 1. The maximum Gasteiger partial charge on any atom is 0.362 e. The first-order valence-electron chi connectivity index (χ1n) is 7.77. The lowest BCUT2D eigenvalue weighted by Gasteiger charge is -2.27. The summed E-state index contributed by atoms with van der Waals surface area (Å²) in [6.07, 6.45) is 1.48. The lowest BCUT2D eigenvalue weighted by molar-refractivity contribution is -0.236. The van der Waals surface area contributed by atoms with Gasteiger partial charge in [0.05, 0.1) is 13.2 Å². The Bertz CT molecular complexity index is 904. The fraction of sp³-hybridized carbons (Fsp3) is 0.353. The fourth-order valence-electron chi connectivity index (χ4n) is 3.09. The second-order valence-electron chi connectivity index (χ2n) is 5.99. The van der Waals surface area contributed by atoms with E-state index in [0.717, 1.165) is 10.1 Å². The smallest absolute Gasteiger partial charge is 0.362 e. The summed E-state index contributed by atoms with van der Waals surface area (Å²) in [5.74, 6) is -0.716. The quantitative estimate of drug-likeness (QED) is 0.822. The number of rotatable bonds is 3. The van der Waals surface area contributed by atoms with Gasteiger partial charge in [0, 0.05) is 25.2 Å². The molecule has 0 saturated carbocycles. The topological polar surface area (TPSA) is 93.6 Å². The molecule has 2 heterocycles. The van der Waals surface area contributed by atoms with E-state index in [0.29, 0.717) is 0 Å². The van der Waals surface area contributed by atoms with Crippen LogP contribution in [0.5, 0.6) is 0 Å². The van der Waals surface area contributed by atoms with Crippen LogP contribution in [0.3, 0.4) is 0 Å². The fourth-order valence-corrected chi connectivity index (χ4v) is 3.09. The molecule has 0 radical (unpaired) electrons. The third-order valence-electron chi connectivity index (χ3n) is 4.40. The zero-order valence-electron chi connectivity index (χ0n) is 14.2. The molecule has 0 spiro atoms. The summed E-state index contributed by atoms with van der Waals surface area (Å²) in [5, 5.41) is 1.53. The standard InChI is InChI=1S/C17H19N3O5/c1-11-10-20(16(23)18-14(11)21)17(15(22)24-3)9-13(19(2)25-17)12-7-5-4-6-8-12/h4-8,10,13H,9H2,1-3H3,(H,18,21,23)/t13-,17-/m0/s1. The Morgan fingerprint density at radius 2 is 2.00 bits per heavy atom. The second-order valence-corrected chi connectivity index (χ2v) is 5.99. The van der Waals surface area contributed by atoms with E-state index in [2.05, 4.69) is 4.98 Å². The third kappa shape index (κ3) is 2.79. The molecule has 132 valence electrons. The highest BCUT2D eigenvalue weighted by Crippen LogP contribution is 2.42. The van der Waals surface area contributed by atoms with Crippen LogP contribution in [0.2, 0.25) is 0 Å². The van der Waals surface area contributed by atoms with Crippen molar-refractivity contribution in [3.63, 3.8) is 0 Å². The summed E-state index contributed by atoms with van der Waals surface area (Å²) in [5.41, 5.74) is -1.70. The Kier molecular flexibility index (Phi) is 4.32. The molecule has 3 rings (SSSR count). The van der Waals surface area contributed by atoms with Gasteiger partial charge in [-0.15, -0.1) is 0 Å². The highest BCUT2D eigenvalue weighted by molar-refractivity contribution is 5.77. The number of carbonyl (C=O) groups is 1. The Hall–Kier alpha value is -2.71. The number of nitrogens with zero attached hydrogens (tertiary/aromatic N) is 2. The molecule has 1 aliphatic rings. The molecule has 0 amide bonds. The lowest BCUT2D eigenvalue weighted by atomic mass is 9.98. The highest BCUT2D eigenvalue weighted by atomic mass is 16.7. The number of aromatic nitrogens is 2. The van der Waals surface area contributed by atoms with Crippen molar-refractivity contribution in [2.24, 2.45) is 0 Å². The number of hydroxylamine groups is 2. The molecular formula is C17H19N3O5. The Labute approximate surface area is 143 Å². The molecule has 8 heteroatoms. The molecule has 1 aromatic carbocycles. The monoisotopic (exact) mass is 345 g/mol. The molecule has 25 heavy (non-hydrogen) atoms. The summed E-state index contributed by atoms with van der Waals surface area (Å²) >= 11 is 0. The van der Waals surface area contributed by atoms with Gasteiger partial charge in [-0.05, 0) is 12.5 Å². The zero-order chi connectivity index (χ0) is 18.2. The molecule has 0 bridgehead atoms. The SMILES string of the molecule is COC(=O)[C@]1(n2cc(C)c(=O)[nH]c2=O)C[C@@H](c2ccccc2)N(C)O1. The maximum absolute atomic E-state index is 12.6. The van der Waals surface area contributed by atoms with E-state index in [9.17, 15) is 14.4 Å². The minimum Gasteiger partial charge on any atom is -0.465 e. The Morgan fingerprint density at radius 3 is 2.64 bits per heavy atom. The minimum atomic E-state index is -1.68. The van der Waals surface area contributed by atoms with Crippen LogP contribution in [0.4, 0.5) is 0 Å². The van der Waals surface area contributed by atoms with Crippen molar-refractivity contribution in [2.75, 3.05) is 14.2 Å². The van der Waals surface area contributed by atoms with Crippen LogP contribution in [0.15, 0.2) is 46.1 Å². The van der Waals surface area contributed by atoms with Crippen LogP contribution in [0.1, 0.15) is 23.6 Å². The molecule has 2 aromatic rings. The molecule has 0 aliphatic carbocycles. The number of nitrogens with one attached hydrogen (secondary N) is 1. The van der Waals surface area contributed by atoms with Gasteiger partial charge in [-0.2, -0.15) is 5.06 Å². The van der Waals surface area contributed by atoms with E-state index >= 15 is 0 Å². The van der Waals surface area contributed by atoms with E-state index in [1.807, 2.05) is 30.3 Å². The Morgan fingerprint density at radius 1 is 1.32 bits per heavy atom. The van der Waals surface area contributed by atoms with Crippen LogP contribution in [-0.2, 0) is 20.1 Å². The van der Waals surface area contributed by atoms with E-state index in [1.165, 1.54) is 18.4 Å². The molecule has 1 fully saturated rings. The van der Waals surface area contributed by atoms with E-state index < -0.39 is 22.9 Å². The molecular weight excluding hydrogens is 326 g/mol. The number of hydrogen-bond acceptors (Lipinski definition) is 6. The van der Waals surface area contributed by atoms with Crippen molar-refractivity contribution in [2.45, 2.75) is 25.1 Å². The van der Waals surface area contributed by atoms with Gasteiger partial charge < -0.3 is 4.74 Å². The van der Waals surface area contributed by atoms with Gasteiger partial charge in [-0.1, -0.05) is 30.3 Å². The van der Waals surface area contributed by atoms with Crippen molar-refractivity contribution >= 4 is 5.97 Å². The number of methoxy groups -OCH3 is 1. The summed E-state index contributed by atoms with van der Waals surface area (Å²) in [6, 6.07) is 9.23. The molecule has 1 saturated heterocycles. The average molecular weight is 345 g/mol. The van der Waals surface area contributed by atoms with Gasteiger partial charge in [0.25, 0.3) is 11.3 Å². The van der Waals surface area contributed by atoms with Gasteiger partial charge in [0.15, 0.2) is 0 Å². The van der Waals surface area contributed by atoms with Crippen LogP contribution >= 0.6 is 0 Å². The van der Waals surface area contributed by atoms with Crippen molar-refractivity contribution in [3.8, 4) is 0 Å². The van der Waals surface area contributed by atoms with Gasteiger partial charge in [-0.25, -0.2) is 9.59 Å². The van der Waals surface area contributed by atoms with Crippen LogP contribution in [-0.4, -0.2) is 34.7 Å². The maximum atomic E-state index is 12.6. The van der Waals surface area contributed by atoms with Crippen LogP contribution < -0.4 is 11.2 Å². The minimum absolute atomic E-state index is 0.158. The molecule has 0 unspecified atom stereocenters. The third-order valence-corrected chi connectivity index (χ3v) is 4.40. The molecule has 1 N–H and O–H groups in total. The summed E-state index contributed by atoms with van der Waals surface area (Å²) in [4.78, 5) is 44.6. The van der Waals surface area contributed by atoms with Crippen LogP contribution in [0, 0.1) is 6.92 Å². The molecule has 2 atom stereocenters. The van der Waals surface area contributed by atoms with E-state index in [-0.39, 0.29) is 18.0 Å². The van der Waals surface area contributed by atoms with Crippen molar-refractivity contribution in [1.82, 2.24) is 14.6 Å². The largest absolute Gasteiger partial charge is 0.465 e. The predicted molar refractivity (Wildman–Crippen MR) is 88.7 cm³/mol. The second kappa shape index (κ2) is 6.30.